The fourth-order valence-corrected chi connectivity index (χ4v) is 4.31. The Morgan fingerprint density at radius 3 is 2.75 bits per heavy atom. The van der Waals surface area contributed by atoms with Crippen molar-refractivity contribution in [3.8, 4) is 0 Å². The SMILES string of the molecule is CC1CCN(C2CSCC(C)(C)C2)CC1N. The molecule has 2 nitrogen and oxygen atoms in total. The summed E-state index contributed by atoms with van der Waals surface area (Å²) in [5.74, 6) is 3.34. The van der Waals surface area contributed by atoms with Gasteiger partial charge < -0.3 is 5.73 Å². The topological polar surface area (TPSA) is 29.3 Å². The maximum Gasteiger partial charge on any atom is 0.0194 e. The first-order chi connectivity index (χ1) is 7.48. The lowest BCUT2D eigenvalue weighted by Crippen LogP contribution is -2.53. The van der Waals surface area contributed by atoms with Crippen molar-refractivity contribution in [3.05, 3.63) is 0 Å². The average Bonchev–Trinajstić information content (AvgIpc) is 2.20. The maximum absolute atomic E-state index is 6.19. The molecule has 0 aromatic heterocycles. The smallest absolute Gasteiger partial charge is 0.0194 e. The second kappa shape index (κ2) is 4.87. The van der Waals surface area contributed by atoms with E-state index in [-0.39, 0.29) is 0 Å². The Kier molecular flexibility index (Phi) is 3.87. The molecule has 0 radical (unpaired) electrons. The summed E-state index contributed by atoms with van der Waals surface area (Å²) in [6.07, 6.45) is 2.63. The van der Waals surface area contributed by atoms with E-state index >= 15 is 0 Å². The van der Waals surface area contributed by atoms with Crippen LogP contribution in [0.1, 0.15) is 33.6 Å². The van der Waals surface area contributed by atoms with Crippen molar-refractivity contribution in [3.63, 3.8) is 0 Å². The van der Waals surface area contributed by atoms with Crippen LogP contribution in [-0.4, -0.2) is 41.6 Å². The lowest BCUT2D eigenvalue weighted by Gasteiger charge is -2.45. The van der Waals surface area contributed by atoms with E-state index in [1.54, 1.807) is 0 Å². The van der Waals surface area contributed by atoms with Gasteiger partial charge in [0.05, 0.1) is 0 Å². The summed E-state index contributed by atoms with van der Waals surface area (Å²) in [5.41, 5.74) is 6.71. The van der Waals surface area contributed by atoms with Crippen LogP contribution in [0.2, 0.25) is 0 Å². The van der Waals surface area contributed by atoms with Gasteiger partial charge in [0.15, 0.2) is 0 Å². The monoisotopic (exact) mass is 242 g/mol. The van der Waals surface area contributed by atoms with Gasteiger partial charge in [-0.15, -0.1) is 0 Å². The average molecular weight is 242 g/mol. The van der Waals surface area contributed by atoms with Gasteiger partial charge in [-0.25, -0.2) is 0 Å². The molecule has 2 aliphatic heterocycles. The fraction of sp³-hybridized carbons (Fsp3) is 1.00. The molecule has 0 aromatic carbocycles. The third-order valence-corrected chi connectivity index (χ3v) is 5.76. The number of thioether (sulfide) groups is 1. The van der Waals surface area contributed by atoms with Crippen LogP contribution in [0.25, 0.3) is 0 Å². The number of nitrogens with two attached hydrogens (primary N) is 1. The molecule has 0 spiro atoms. The molecule has 94 valence electrons. The van der Waals surface area contributed by atoms with Crippen LogP contribution in [0.3, 0.4) is 0 Å². The van der Waals surface area contributed by atoms with Gasteiger partial charge in [0.25, 0.3) is 0 Å². The minimum absolute atomic E-state index is 0.392. The van der Waals surface area contributed by atoms with Crippen LogP contribution >= 0.6 is 11.8 Å². The van der Waals surface area contributed by atoms with Crippen molar-refractivity contribution in [2.75, 3.05) is 24.6 Å². The lowest BCUT2D eigenvalue weighted by atomic mass is 9.85. The predicted molar refractivity (Wildman–Crippen MR) is 72.8 cm³/mol. The molecule has 0 bridgehead atoms. The van der Waals surface area contributed by atoms with Crippen LogP contribution in [0.15, 0.2) is 0 Å². The first-order valence-corrected chi connectivity index (χ1v) is 7.71. The Bertz CT molecular complexity index is 242. The molecule has 0 saturated carbocycles. The zero-order chi connectivity index (χ0) is 11.8. The molecule has 2 saturated heterocycles. The van der Waals surface area contributed by atoms with Crippen LogP contribution in [0, 0.1) is 11.3 Å². The Morgan fingerprint density at radius 1 is 1.38 bits per heavy atom. The van der Waals surface area contributed by atoms with E-state index in [2.05, 4.69) is 37.4 Å². The van der Waals surface area contributed by atoms with Crippen molar-refractivity contribution in [1.82, 2.24) is 4.90 Å². The van der Waals surface area contributed by atoms with E-state index in [9.17, 15) is 0 Å². The van der Waals surface area contributed by atoms with E-state index in [0.717, 1.165) is 12.6 Å². The van der Waals surface area contributed by atoms with Gasteiger partial charge in [0.1, 0.15) is 0 Å². The highest BCUT2D eigenvalue weighted by Crippen LogP contribution is 2.36. The number of piperidine rings is 1. The van der Waals surface area contributed by atoms with Crippen molar-refractivity contribution in [1.29, 1.82) is 0 Å². The summed E-state index contributed by atoms with van der Waals surface area (Å²) in [4.78, 5) is 2.65. The van der Waals surface area contributed by atoms with E-state index in [0.29, 0.717) is 17.4 Å². The second-order valence-electron chi connectivity index (χ2n) is 6.46. The van der Waals surface area contributed by atoms with Crippen molar-refractivity contribution >= 4 is 11.8 Å². The minimum atomic E-state index is 0.392. The van der Waals surface area contributed by atoms with Gasteiger partial charge >= 0.3 is 0 Å². The highest BCUT2D eigenvalue weighted by Gasteiger charge is 2.34. The molecule has 3 atom stereocenters. The van der Waals surface area contributed by atoms with Gasteiger partial charge in [0.2, 0.25) is 0 Å². The molecule has 3 heteroatoms. The lowest BCUT2D eigenvalue weighted by molar-refractivity contribution is 0.103. The third-order valence-electron chi connectivity index (χ3n) is 4.16. The van der Waals surface area contributed by atoms with E-state index in [1.165, 1.54) is 30.9 Å². The van der Waals surface area contributed by atoms with Crippen molar-refractivity contribution in [2.45, 2.75) is 45.7 Å². The largest absolute Gasteiger partial charge is 0.326 e. The van der Waals surface area contributed by atoms with E-state index in [4.69, 9.17) is 5.73 Å². The summed E-state index contributed by atoms with van der Waals surface area (Å²) in [5, 5.41) is 0. The molecule has 2 heterocycles. The summed E-state index contributed by atoms with van der Waals surface area (Å²) >= 11 is 2.12. The number of nitrogens with zero attached hydrogens (tertiary/aromatic N) is 1. The zero-order valence-electron chi connectivity index (χ0n) is 10.9. The molecule has 2 rings (SSSR count). The first-order valence-electron chi connectivity index (χ1n) is 6.55. The third kappa shape index (κ3) is 2.93. The molecule has 2 aliphatic rings. The van der Waals surface area contributed by atoms with Crippen LogP contribution < -0.4 is 5.73 Å². The molecule has 0 amide bonds. The molecule has 0 aliphatic carbocycles. The number of likely N-dealkylation sites (tertiary alicyclic amines) is 1. The fourth-order valence-electron chi connectivity index (χ4n) is 2.92. The van der Waals surface area contributed by atoms with Crippen LogP contribution in [0.4, 0.5) is 0 Å². The second-order valence-corrected chi connectivity index (χ2v) is 7.49. The summed E-state index contributed by atoms with van der Waals surface area (Å²) in [6.45, 7) is 9.47. The van der Waals surface area contributed by atoms with Gasteiger partial charge in [-0.05, 0) is 36.5 Å². The van der Waals surface area contributed by atoms with Gasteiger partial charge in [-0.2, -0.15) is 11.8 Å². The minimum Gasteiger partial charge on any atom is -0.326 e. The zero-order valence-corrected chi connectivity index (χ0v) is 11.7. The van der Waals surface area contributed by atoms with Crippen LogP contribution in [-0.2, 0) is 0 Å². The quantitative estimate of drug-likeness (QED) is 0.764. The Labute approximate surface area is 104 Å². The highest BCUT2D eigenvalue weighted by atomic mass is 32.2. The van der Waals surface area contributed by atoms with E-state index < -0.39 is 0 Å². The Balaban J connectivity index is 1.92. The molecule has 2 N–H and O–H groups in total. The molecule has 3 unspecified atom stereocenters. The first kappa shape index (κ1) is 12.7. The van der Waals surface area contributed by atoms with Gasteiger partial charge in [-0.3, -0.25) is 4.90 Å². The maximum atomic E-state index is 6.19. The summed E-state index contributed by atoms with van der Waals surface area (Å²) in [7, 11) is 0. The van der Waals surface area contributed by atoms with Gasteiger partial charge in [-0.1, -0.05) is 20.8 Å². The van der Waals surface area contributed by atoms with E-state index in [1.807, 2.05) is 0 Å². The predicted octanol–water partition coefficient (Wildman–Crippen LogP) is 2.19. The molecule has 2 fully saturated rings. The van der Waals surface area contributed by atoms with Crippen molar-refractivity contribution < 1.29 is 0 Å². The molecular weight excluding hydrogens is 216 g/mol. The summed E-state index contributed by atoms with van der Waals surface area (Å²) in [6, 6.07) is 1.16. The Morgan fingerprint density at radius 2 is 2.12 bits per heavy atom. The molecule has 16 heavy (non-hydrogen) atoms. The summed E-state index contributed by atoms with van der Waals surface area (Å²) < 4.78 is 0. The molecular formula is C13H26N2S. The standard InChI is InChI=1S/C13H26N2S/c1-10-4-5-15(7-12(10)14)11-6-13(2,3)9-16-8-11/h10-12H,4-9,14H2,1-3H3. The highest BCUT2D eigenvalue weighted by molar-refractivity contribution is 7.99. The number of hydrogen-bond acceptors (Lipinski definition) is 3. The van der Waals surface area contributed by atoms with Crippen LogP contribution in [0.5, 0.6) is 0 Å². The van der Waals surface area contributed by atoms with Gasteiger partial charge in [0, 0.05) is 24.4 Å². The number of hydrogen-bond donors (Lipinski definition) is 1. The van der Waals surface area contributed by atoms with Crippen molar-refractivity contribution in [2.24, 2.45) is 17.1 Å². The molecule has 0 aromatic rings. The Hall–Kier alpha value is 0.270. The normalized spacial score (nSPS) is 40.9. The number of rotatable bonds is 1.